The first-order chi connectivity index (χ1) is 11.8. The molecule has 1 aromatic carbocycles. The first-order valence-electron chi connectivity index (χ1n) is 8.05. The number of rotatable bonds is 7. The molecule has 0 radical (unpaired) electrons. The summed E-state index contributed by atoms with van der Waals surface area (Å²) in [7, 11) is 5.40. The number of hydrogen-bond acceptors (Lipinski definition) is 5. The molecule has 2 rings (SSSR count). The summed E-state index contributed by atoms with van der Waals surface area (Å²) in [6.07, 6.45) is 2.31. The summed E-state index contributed by atoms with van der Waals surface area (Å²) in [5.41, 5.74) is 4.16. The number of fused-ring (bicyclic) bond motifs is 1. The highest BCUT2D eigenvalue weighted by Crippen LogP contribution is 2.33. The number of likely N-dealkylation sites (N-methyl/N-ethyl adjacent to an activating group) is 1. The molecule has 0 unspecified atom stereocenters. The molecule has 4 nitrogen and oxygen atoms in total. The zero-order valence-corrected chi connectivity index (χ0v) is 16.3. The standard InChI is InChI=1S/C20H25NO3S/c1-13(2)7-16(21(4)5)11-24-17-8-14(3)20-15(9-19(22)23-6)12-25-18(20)10-17/h7-8,10,12H,1,9,11H2,2-6H3/b16-7-. The quantitative estimate of drug-likeness (QED) is 0.545. The van der Waals surface area contributed by atoms with Crippen LogP contribution in [0.1, 0.15) is 18.1 Å². The molecule has 0 bridgehead atoms. The van der Waals surface area contributed by atoms with E-state index < -0.39 is 0 Å². The maximum absolute atomic E-state index is 11.6. The van der Waals surface area contributed by atoms with Crippen LogP contribution in [0.25, 0.3) is 10.1 Å². The third-order valence-electron chi connectivity index (χ3n) is 3.86. The summed E-state index contributed by atoms with van der Waals surface area (Å²) in [4.78, 5) is 13.6. The molecule has 1 aromatic heterocycles. The van der Waals surface area contributed by atoms with Crippen LogP contribution >= 0.6 is 11.3 Å². The van der Waals surface area contributed by atoms with Gasteiger partial charge in [-0.3, -0.25) is 4.79 Å². The lowest BCUT2D eigenvalue weighted by molar-refractivity contribution is -0.139. The molecule has 0 N–H and O–H groups in total. The molecule has 25 heavy (non-hydrogen) atoms. The van der Waals surface area contributed by atoms with Crippen molar-refractivity contribution in [3.63, 3.8) is 0 Å². The summed E-state index contributed by atoms with van der Waals surface area (Å²) in [6.45, 7) is 8.41. The second kappa shape index (κ2) is 8.21. The van der Waals surface area contributed by atoms with Gasteiger partial charge in [-0.25, -0.2) is 0 Å². The van der Waals surface area contributed by atoms with Crippen LogP contribution in [0.2, 0.25) is 0 Å². The largest absolute Gasteiger partial charge is 0.487 e. The van der Waals surface area contributed by atoms with Crippen LogP contribution in [-0.4, -0.2) is 38.7 Å². The minimum absolute atomic E-state index is 0.222. The minimum Gasteiger partial charge on any atom is -0.487 e. The Morgan fingerprint density at radius 2 is 2.08 bits per heavy atom. The van der Waals surface area contributed by atoms with E-state index in [2.05, 4.69) is 6.58 Å². The van der Waals surface area contributed by atoms with E-state index in [9.17, 15) is 4.79 Å². The lowest BCUT2D eigenvalue weighted by Crippen LogP contribution is -2.17. The van der Waals surface area contributed by atoms with Gasteiger partial charge in [0.15, 0.2) is 0 Å². The van der Waals surface area contributed by atoms with Gasteiger partial charge in [0.05, 0.1) is 19.2 Å². The molecule has 0 saturated carbocycles. The number of ether oxygens (including phenoxy) is 2. The number of carbonyl (C=O) groups excluding carboxylic acids is 1. The van der Waals surface area contributed by atoms with Crippen LogP contribution in [0.3, 0.4) is 0 Å². The van der Waals surface area contributed by atoms with Gasteiger partial charge in [-0.2, -0.15) is 0 Å². The molecule has 2 aromatic rings. The molecule has 1 heterocycles. The number of benzene rings is 1. The Balaban J connectivity index is 2.24. The van der Waals surface area contributed by atoms with E-state index >= 15 is 0 Å². The monoisotopic (exact) mass is 359 g/mol. The van der Waals surface area contributed by atoms with Crippen molar-refractivity contribution in [3.05, 3.63) is 52.6 Å². The number of esters is 1. The molecule has 0 aliphatic carbocycles. The fourth-order valence-corrected chi connectivity index (χ4v) is 3.67. The predicted octanol–water partition coefficient (Wildman–Crippen LogP) is 4.33. The Morgan fingerprint density at radius 1 is 1.36 bits per heavy atom. The molecule has 0 aliphatic rings. The minimum atomic E-state index is -0.222. The van der Waals surface area contributed by atoms with E-state index in [0.29, 0.717) is 13.0 Å². The van der Waals surface area contributed by atoms with E-state index in [1.807, 2.05) is 56.4 Å². The van der Waals surface area contributed by atoms with Crippen molar-refractivity contribution in [2.24, 2.45) is 0 Å². The van der Waals surface area contributed by atoms with Crippen LogP contribution in [0.15, 0.2) is 41.4 Å². The lowest BCUT2D eigenvalue weighted by Gasteiger charge is -2.18. The van der Waals surface area contributed by atoms with Gasteiger partial charge in [0.1, 0.15) is 12.4 Å². The Bertz CT molecular complexity index is 818. The van der Waals surface area contributed by atoms with Crippen LogP contribution in [0.4, 0.5) is 0 Å². The molecular weight excluding hydrogens is 334 g/mol. The molecule has 0 aliphatic heterocycles. The first-order valence-corrected chi connectivity index (χ1v) is 8.93. The van der Waals surface area contributed by atoms with Gasteiger partial charge in [0.2, 0.25) is 0 Å². The maximum atomic E-state index is 11.6. The van der Waals surface area contributed by atoms with Crippen molar-refractivity contribution in [1.29, 1.82) is 0 Å². The van der Waals surface area contributed by atoms with Crippen molar-refractivity contribution >= 4 is 27.4 Å². The number of allylic oxidation sites excluding steroid dienone is 2. The second-order valence-electron chi connectivity index (χ2n) is 6.29. The fourth-order valence-electron chi connectivity index (χ4n) is 2.60. The Hall–Kier alpha value is -2.27. The lowest BCUT2D eigenvalue weighted by atomic mass is 10.1. The topological polar surface area (TPSA) is 38.8 Å². The van der Waals surface area contributed by atoms with Crippen LogP contribution in [0, 0.1) is 6.92 Å². The van der Waals surface area contributed by atoms with E-state index in [1.165, 1.54) is 7.11 Å². The van der Waals surface area contributed by atoms with Crippen molar-refractivity contribution in [2.75, 3.05) is 27.8 Å². The molecule has 0 atom stereocenters. The summed E-state index contributed by atoms with van der Waals surface area (Å²) in [6, 6.07) is 4.05. The third kappa shape index (κ3) is 4.86. The van der Waals surface area contributed by atoms with Crippen molar-refractivity contribution in [1.82, 2.24) is 4.90 Å². The van der Waals surface area contributed by atoms with E-state index in [4.69, 9.17) is 9.47 Å². The average Bonchev–Trinajstić information content (AvgIpc) is 2.94. The SMILES string of the molecule is C=C(C)/C=C(/COc1cc(C)c2c(CC(=O)OC)csc2c1)N(C)C. The van der Waals surface area contributed by atoms with Crippen LogP contribution < -0.4 is 4.74 Å². The number of hydrogen-bond donors (Lipinski definition) is 0. The Kier molecular flexibility index (Phi) is 6.26. The third-order valence-corrected chi connectivity index (χ3v) is 4.84. The summed E-state index contributed by atoms with van der Waals surface area (Å²) < 4.78 is 11.9. The summed E-state index contributed by atoms with van der Waals surface area (Å²) in [5, 5.41) is 3.14. The van der Waals surface area contributed by atoms with Crippen LogP contribution in [-0.2, 0) is 16.0 Å². The smallest absolute Gasteiger partial charge is 0.310 e. The highest BCUT2D eigenvalue weighted by atomic mass is 32.1. The zero-order valence-electron chi connectivity index (χ0n) is 15.5. The van der Waals surface area contributed by atoms with Crippen molar-refractivity contribution in [2.45, 2.75) is 20.3 Å². The van der Waals surface area contributed by atoms with Gasteiger partial charge in [-0.1, -0.05) is 12.2 Å². The van der Waals surface area contributed by atoms with Gasteiger partial charge in [0.25, 0.3) is 0 Å². The maximum Gasteiger partial charge on any atom is 0.310 e. The zero-order chi connectivity index (χ0) is 18.6. The molecule has 0 saturated heterocycles. The number of nitrogens with zero attached hydrogens (tertiary/aromatic N) is 1. The second-order valence-corrected chi connectivity index (χ2v) is 7.20. The van der Waals surface area contributed by atoms with E-state index in [-0.39, 0.29) is 5.97 Å². The van der Waals surface area contributed by atoms with Crippen molar-refractivity contribution in [3.8, 4) is 5.75 Å². The summed E-state index contributed by atoms with van der Waals surface area (Å²) in [5.74, 6) is 0.603. The summed E-state index contributed by atoms with van der Waals surface area (Å²) >= 11 is 1.62. The molecular formula is C20H25NO3S. The first kappa shape index (κ1) is 19.1. The normalized spacial score (nSPS) is 11.5. The van der Waals surface area contributed by atoms with Crippen molar-refractivity contribution < 1.29 is 14.3 Å². The molecule has 0 spiro atoms. The van der Waals surface area contributed by atoms with Crippen LogP contribution in [0.5, 0.6) is 5.75 Å². The number of thiophene rings is 1. The number of aryl methyl sites for hydroxylation is 1. The van der Waals surface area contributed by atoms with E-state index in [1.54, 1.807) is 11.3 Å². The van der Waals surface area contributed by atoms with Gasteiger partial charge >= 0.3 is 5.97 Å². The fraction of sp³-hybridized carbons (Fsp3) is 0.350. The molecule has 134 valence electrons. The molecule has 0 amide bonds. The van der Waals surface area contributed by atoms with Gasteiger partial charge in [-0.05, 0) is 53.9 Å². The molecule has 0 fully saturated rings. The average molecular weight is 359 g/mol. The number of carbonyl (C=O) groups is 1. The highest BCUT2D eigenvalue weighted by Gasteiger charge is 2.13. The Morgan fingerprint density at radius 3 is 2.68 bits per heavy atom. The van der Waals surface area contributed by atoms with Gasteiger partial charge < -0.3 is 14.4 Å². The predicted molar refractivity (Wildman–Crippen MR) is 104 cm³/mol. The number of methoxy groups -OCH3 is 1. The molecule has 5 heteroatoms. The van der Waals surface area contributed by atoms with Gasteiger partial charge in [0, 0.05) is 18.8 Å². The van der Waals surface area contributed by atoms with Gasteiger partial charge in [-0.15, -0.1) is 11.3 Å². The Labute approximate surface area is 153 Å². The van der Waals surface area contributed by atoms with E-state index in [0.717, 1.165) is 38.2 Å². The highest BCUT2D eigenvalue weighted by molar-refractivity contribution is 7.17.